The van der Waals surface area contributed by atoms with Gasteiger partial charge in [-0.05, 0) is 42.9 Å². The third-order valence-corrected chi connectivity index (χ3v) is 3.89. The first-order valence-corrected chi connectivity index (χ1v) is 6.87. The summed E-state index contributed by atoms with van der Waals surface area (Å²) in [5.41, 5.74) is 1.88. The first-order valence-electron chi connectivity index (χ1n) is 6.49. The summed E-state index contributed by atoms with van der Waals surface area (Å²) >= 11 is 6.26. The van der Waals surface area contributed by atoms with Crippen LogP contribution in [0.5, 0.6) is 0 Å². The molecule has 1 atom stereocenters. The second-order valence-corrected chi connectivity index (χ2v) is 5.32. The number of hydrogen-bond acceptors (Lipinski definition) is 3. The number of piperidine rings is 1. The first-order chi connectivity index (χ1) is 8.74. The molecule has 1 unspecified atom stereocenters. The summed E-state index contributed by atoms with van der Waals surface area (Å²) in [5, 5.41) is 18.8. The van der Waals surface area contributed by atoms with Gasteiger partial charge in [-0.25, -0.2) is 0 Å². The van der Waals surface area contributed by atoms with Crippen LogP contribution >= 0.6 is 11.6 Å². The Kier molecular flexibility index (Phi) is 4.87. The molecule has 0 aliphatic carbocycles. The second kappa shape index (κ2) is 6.41. The minimum atomic E-state index is 0.0210. The van der Waals surface area contributed by atoms with E-state index in [-0.39, 0.29) is 13.2 Å². The van der Waals surface area contributed by atoms with Crippen LogP contribution in [0.4, 0.5) is 5.69 Å². The number of anilines is 1. The van der Waals surface area contributed by atoms with E-state index in [0.29, 0.717) is 10.9 Å². The molecule has 3 nitrogen and oxygen atoms in total. The van der Waals surface area contributed by atoms with E-state index in [2.05, 4.69) is 4.90 Å². The highest BCUT2D eigenvalue weighted by atomic mass is 35.5. The maximum Gasteiger partial charge on any atom is 0.0682 e. The smallest absolute Gasteiger partial charge is 0.0682 e. The number of hydrogen-bond donors (Lipinski definition) is 2. The Hall–Kier alpha value is -0.770. The van der Waals surface area contributed by atoms with Crippen molar-refractivity contribution < 1.29 is 10.2 Å². The van der Waals surface area contributed by atoms with Crippen LogP contribution in [0.1, 0.15) is 24.8 Å². The van der Waals surface area contributed by atoms with Gasteiger partial charge in [0.1, 0.15) is 0 Å². The summed E-state index contributed by atoms with van der Waals surface area (Å²) in [6, 6.07) is 5.72. The molecule has 0 saturated carbocycles. The molecule has 1 aliphatic rings. The third-order valence-electron chi connectivity index (χ3n) is 3.59. The minimum Gasteiger partial charge on any atom is -0.396 e. The van der Waals surface area contributed by atoms with Crippen molar-refractivity contribution in [1.29, 1.82) is 0 Å². The lowest BCUT2D eigenvalue weighted by Crippen LogP contribution is -2.35. The van der Waals surface area contributed by atoms with Gasteiger partial charge in [0, 0.05) is 19.7 Å². The highest BCUT2D eigenvalue weighted by Crippen LogP contribution is 2.31. The number of nitrogens with zero attached hydrogens (tertiary/aromatic N) is 1. The Bertz CT molecular complexity index is 395. The topological polar surface area (TPSA) is 43.7 Å². The van der Waals surface area contributed by atoms with Gasteiger partial charge in [-0.15, -0.1) is 0 Å². The zero-order valence-corrected chi connectivity index (χ0v) is 11.2. The lowest BCUT2D eigenvalue weighted by atomic mass is 9.94. The van der Waals surface area contributed by atoms with Gasteiger partial charge in [-0.1, -0.05) is 17.7 Å². The molecule has 0 aromatic heterocycles. The molecule has 1 heterocycles. The van der Waals surface area contributed by atoms with Crippen LogP contribution in [0.3, 0.4) is 0 Å². The van der Waals surface area contributed by atoms with E-state index in [4.69, 9.17) is 21.8 Å². The van der Waals surface area contributed by atoms with Crippen molar-refractivity contribution in [3.05, 3.63) is 28.8 Å². The average Bonchev–Trinajstić information content (AvgIpc) is 2.39. The zero-order valence-electron chi connectivity index (χ0n) is 10.5. The minimum absolute atomic E-state index is 0.0210. The summed E-state index contributed by atoms with van der Waals surface area (Å²) in [6.45, 7) is 2.25. The van der Waals surface area contributed by atoms with Crippen molar-refractivity contribution in [2.45, 2.75) is 25.9 Å². The number of aliphatic hydroxyl groups excluding tert-OH is 2. The predicted octanol–water partition coefficient (Wildman–Crippen LogP) is 2.43. The first kappa shape index (κ1) is 13.7. The van der Waals surface area contributed by atoms with Crippen molar-refractivity contribution in [2.75, 3.05) is 24.6 Å². The summed E-state index contributed by atoms with van der Waals surface area (Å²) in [6.07, 6.45) is 3.19. The van der Waals surface area contributed by atoms with Gasteiger partial charge in [0.05, 0.1) is 17.3 Å². The van der Waals surface area contributed by atoms with E-state index in [1.54, 1.807) is 0 Å². The maximum absolute atomic E-state index is 9.08. The van der Waals surface area contributed by atoms with Crippen molar-refractivity contribution in [1.82, 2.24) is 0 Å². The van der Waals surface area contributed by atoms with Crippen molar-refractivity contribution >= 4 is 17.3 Å². The summed E-state index contributed by atoms with van der Waals surface area (Å²) < 4.78 is 0. The largest absolute Gasteiger partial charge is 0.396 e. The molecule has 1 aromatic carbocycles. The fourth-order valence-electron chi connectivity index (χ4n) is 2.61. The molecule has 100 valence electrons. The highest BCUT2D eigenvalue weighted by molar-refractivity contribution is 6.33. The predicted molar refractivity (Wildman–Crippen MR) is 74.0 cm³/mol. The quantitative estimate of drug-likeness (QED) is 0.882. The highest BCUT2D eigenvalue weighted by Gasteiger charge is 2.21. The average molecular weight is 270 g/mol. The zero-order chi connectivity index (χ0) is 13.0. The van der Waals surface area contributed by atoms with Crippen LogP contribution in [0.2, 0.25) is 5.02 Å². The van der Waals surface area contributed by atoms with Crippen LogP contribution in [0.25, 0.3) is 0 Å². The molecule has 2 rings (SSSR count). The Labute approximate surface area is 113 Å². The normalized spacial score (nSPS) is 20.2. The maximum atomic E-state index is 9.08. The summed E-state index contributed by atoms with van der Waals surface area (Å²) in [7, 11) is 0. The third kappa shape index (κ3) is 3.16. The molecule has 1 aromatic rings. The van der Waals surface area contributed by atoms with E-state index >= 15 is 0 Å². The molecule has 4 heteroatoms. The lowest BCUT2D eigenvalue weighted by Gasteiger charge is -2.34. The van der Waals surface area contributed by atoms with E-state index < -0.39 is 0 Å². The van der Waals surface area contributed by atoms with Gasteiger partial charge in [-0.2, -0.15) is 0 Å². The molecule has 18 heavy (non-hydrogen) atoms. The molecular weight excluding hydrogens is 250 g/mol. The monoisotopic (exact) mass is 269 g/mol. The van der Waals surface area contributed by atoms with Gasteiger partial charge < -0.3 is 15.1 Å². The molecule has 0 spiro atoms. The number of benzene rings is 1. The summed E-state index contributed by atoms with van der Waals surface area (Å²) in [5.74, 6) is 0.553. The van der Waals surface area contributed by atoms with Crippen LogP contribution < -0.4 is 4.90 Å². The van der Waals surface area contributed by atoms with Crippen molar-refractivity contribution in [3.63, 3.8) is 0 Å². The van der Waals surface area contributed by atoms with Crippen LogP contribution in [0, 0.1) is 5.92 Å². The van der Waals surface area contributed by atoms with Crippen molar-refractivity contribution in [3.8, 4) is 0 Å². The van der Waals surface area contributed by atoms with Crippen LogP contribution in [-0.4, -0.2) is 29.9 Å². The SMILES string of the molecule is OCCC1CCCN(c2ccc(CO)cc2Cl)C1. The molecule has 1 fully saturated rings. The Balaban J connectivity index is 2.10. The fourth-order valence-corrected chi connectivity index (χ4v) is 2.93. The van der Waals surface area contributed by atoms with Gasteiger partial charge in [0.15, 0.2) is 0 Å². The number of halogens is 1. The standard InChI is InChI=1S/C14H20ClNO2/c15-13-8-12(10-18)3-4-14(13)16-6-1-2-11(9-16)5-7-17/h3-4,8,11,17-18H,1-2,5-7,9-10H2. The Morgan fingerprint density at radius 2 is 2.17 bits per heavy atom. The molecular formula is C14H20ClNO2. The molecule has 2 N–H and O–H groups in total. The van der Waals surface area contributed by atoms with Gasteiger partial charge in [-0.3, -0.25) is 0 Å². The molecule has 0 bridgehead atoms. The lowest BCUT2D eigenvalue weighted by molar-refractivity contribution is 0.244. The number of aliphatic hydroxyl groups is 2. The van der Waals surface area contributed by atoms with E-state index in [9.17, 15) is 0 Å². The van der Waals surface area contributed by atoms with Gasteiger partial charge in [0.2, 0.25) is 0 Å². The molecule has 0 radical (unpaired) electrons. The van der Waals surface area contributed by atoms with Crippen LogP contribution in [0.15, 0.2) is 18.2 Å². The Morgan fingerprint density at radius 1 is 1.33 bits per heavy atom. The summed E-state index contributed by atoms with van der Waals surface area (Å²) in [4.78, 5) is 2.29. The fraction of sp³-hybridized carbons (Fsp3) is 0.571. The van der Waals surface area contributed by atoms with Gasteiger partial charge >= 0.3 is 0 Å². The Morgan fingerprint density at radius 3 is 2.83 bits per heavy atom. The molecule has 1 aliphatic heterocycles. The molecule has 1 saturated heterocycles. The number of rotatable bonds is 4. The van der Waals surface area contributed by atoms with E-state index in [1.165, 1.54) is 6.42 Å². The van der Waals surface area contributed by atoms with E-state index in [0.717, 1.165) is 37.2 Å². The van der Waals surface area contributed by atoms with Gasteiger partial charge in [0.25, 0.3) is 0 Å². The van der Waals surface area contributed by atoms with Crippen LogP contribution in [-0.2, 0) is 6.61 Å². The second-order valence-electron chi connectivity index (χ2n) is 4.91. The van der Waals surface area contributed by atoms with E-state index in [1.807, 2.05) is 18.2 Å². The molecule has 0 amide bonds. The van der Waals surface area contributed by atoms with Crippen molar-refractivity contribution in [2.24, 2.45) is 5.92 Å².